The number of nitrogens with zero attached hydrogens (tertiary/aromatic N) is 7. The van der Waals surface area contributed by atoms with Gasteiger partial charge in [-0.05, 0) is 88.4 Å². The van der Waals surface area contributed by atoms with Crippen molar-refractivity contribution < 1.29 is 19.2 Å². The minimum atomic E-state index is -0.964. The summed E-state index contributed by atoms with van der Waals surface area (Å²) < 4.78 is 2.07. The van der Waals surface area contributed by atoms with E-state index in [0.29, 0.717) is 18.0 Å². The third kappa shape index (κ3) is 5.99. The molecule has 258 valence electrons. The minimum absolute atomic E-state index is 0.0971. The Hall–Kier alpha value is -5.17. The van der Waals surface area contributed by atoms with Crippen LogP contribution in [0.2, 0.25) is 0 Å². The van der Waals surface area contributed by atoms with Gasteiger partial charge in [0.05, 0.1) is 46.3 Å². The zero-order chi connectivity index (χ0) is 34.5. The molecule has 2 aromatic heterocycles. The highest BCUT2D eigenvalue weighted by Gasteiger charge is 2.44. The maximum Gasteiger partial charge on any atom is 0.262 e. The Morgan fingerprint density at radius 2 is 1.80 bits per heavy atom. The van der Waals surface area contributed by atoms with Gasteiger partial charge in [-0.15, -0.1) is 0 Å². The molecule has 1 aliphatic carbocycles. The van der Waals surface area contributed by atoms with Gasteiger partial charge >= 0.3 is 0 Å². The molecule has 2 saturated heterocycles. The number of imide groups is 2. The van der Waals surface area contributed by atoms with Crippen LogP contribution in [0.4, 0.5) is 11.4 Å². The zero-order valence-electron chi connectivity index (χ0n) is 28.3. The van der Waals surface area contributed by atoms with Crippen LogP contribution in [0.3, 0.4) is 0 Å². The van der Waals surface area contributed by atoms with Gasteiger partial charge in [0.1, 0.15) is 6.04 Å². The second-order valence-electron chi connectivity index (χ2n) is 14.2. The first-order chi connectivity index (χ1) is 24.2. The molecule has 1 saturated carbocycles. The van der Waals surface area contributed by atoms with Crippen LogP contribution in [-0.2, 0) is 9.59 Å². The number of likely N-dealkylation sites (N-methyl/N-ethyl adjacent to an activating group) is 1. The number of anilines is 2. The van der Waals surface area contributed by atoms with Gasteiger partial charge in [-0.3, -0.25) is 39.1 Å². The van der Waals surface area contributed by atoms with E-state index in [0.717, 1.165) is 84.7 Å². The zero-order valence-corrected chi connectivity index (χ0v) is 28.3. The largest absolute Gasteiger partial charge is 0.385 e. The summed E-state index contributed by atoms with van der Waals surface area (Å²) in [7, 11) is 2.18. The van der Waals surface area contributed by atoms with Crippen molar-refractivity contribution in [2.24, 2.45) is 5.92 Å². The molecule has 3 aliphatic heterocycles. The maximum atomic E-state index is 13.1. The van der Waals surface area contributed by atoms with E-state index in [-0.39, 0.29) is 29.9 Å². The van der Waals surface area contributed by atoms with Crippen molar-refractivity contribution >= 4 is 46.0 Å². The molecule has 2 atom stereocenters. The van der Waals surface area contributed by atoms with E-state index in [1.807, 2.05) is 12.4 Å². The number of nitrogens with one attached hydrogen (secondary N) is 2. The lowest BCUT2D eigenvalue weighted by atomic mass is 9.77. The van der Waals surface area contributed by atoms with Crippen LogP contribution in [0.15, 0.2) is 55.0 Å². The number of carbonyl (C=O) groups excluding carboxylic acids is 4. The number of hydrogen-bond donors (Lipinski definition) is 2. The summed E-state index contributed by atoms with van der Waals surface area (Å²) in [5.74, 6) is -1.37. The molecule has 13 heteroatoms. The van der Waals surface area contributed by atoms with E-state index < -0.39 is 23.8 Å². The van der Waals surface area contributed by atoms with E-state index in [1.54, 1.807) is 18.2 Å². The molecule has 4 amide bonds. The second-order valence-corrected chi connectivity index (χ2v) is 14.2. The van der Waals surface area contributed by atoms with Crippen LogP contribution in [-0.4, -0.2) is 98.5 Å². The van der Waals surface area contributed by atoms with Crippen LogP contribution in [0.5, 0.6) is 0 Å². The summed E-state index contributed by atoms with van der Waals surface area (Å²) in [5.41, 5.74) is 6.09. The average Bonchev–Trinajstić information content (AvgIpc) is 3.67. The number of benzene rings is 2. The van der Waals surface area contributed by atoms with E-state index in [2.05, 4.69) is 68.6 Å². The lowest BCUT2D eigenvalue weighted by Crippen LogP contribution is -2.54. The number of piperidine rings is 1. The molecule has 3 fully saturated rings. The van der Waals surface area contributed by atoms with Crippen LogP contribution >= 0.6 is 0 Å². The molecule has 0 spiro atoms. The monoisotopic (exact) mass is 675 g/mol. The van der Waals surface area contributed by atoms with Crippen molar-refractivity contribution in [3.8, 4) is 11.3 Å². The van der Waals surface area contributed by atoms with Gasteiger partial charge in [0.25, 0.3) is 11.8 Å². The van der Waals surface area contributed by atoms with E-state index in [1.165, 1.54) is 5.69 Å². The standard InChI is InChI=1S/C37H41N9O4/c1-22-20-44(13-12-43(22)2)26-6-8-30-31(17-26)41-32(19-39-30)24-18-40-45(21-24)27-14-23(15-27)4-3-11-38-25-5-7-28-29(16-25)37(50)46(36(28)49)33-9-10-34(47)42-35(33)48/h5-8,16-19,21-23,27,33,38H,3-4,9-15,20H2,1-2H3,(H,42,47,48)/t22-,23?,27?,33?/m0/s1. The molecule has 4 aliphatic rings. The van der Waals surface area contributed by atoms with Gasteiger partial charge in [0.15, 0.2) is 0 Å². The van der Waals surface area contributed by atoms with E-state index in [4.69, 9.17) is 9.97 Å². The van der Waals surface area contributed by atoms with E-state index in [9.17, 15) is 19.2 Å². The lowest BCUT2D eigenvalue weighted by molar-refractivity contribution is -0.136. The number of carbonyl (C=O) groups is 4. The predicted molar refractivity (Wildman–Crippen MR) is 188 cm³/mol. The fraction of sp³-hybridized carbons (Fsp3) is 0.432. The molecular weight excluding hydrogens is 634 g/mol. The van der Waals surface area contributed by atoms with Crippen molar-refractivity contribution in [1.82, 2.24) is 34.9 Å². The molecule has 50 heavy (non-hydrogen) atoms. The van der Waals surface area contributed by atoms with Gasteiger partial charge in [0, 0.05) is 61.8 Å². The Bertz CT molecular complexity index is 2000. The number of fused-ring (bicyclic) bond motifs is 2. The summed E-state index contributed by atoms with van der Waals surface area (Å²) in [5, 5.41) is 10.3. The summed E-state index contributed by atoms with van der Waals surface area (Å²) in [6.45, 7) is 6.04. The molecule has 0 bridgehead atoms. The molecule has 4 aromatic rings. The molecule has 2 N–H and O–H groups in total. The Morgan fingerprint density at radius 3 is 2.62 bits per heavy atom. The summed E-state index contributed by atoms with van der Waals surface area (Å²) in [6.07, 6.45) is 10.2. The van der Waals surface area contributed by atoms with Gasteiger partial charge in [0.2, 0.25) is 11.8 Å². The molecule has 13 nitrogen and oxygen atoms in total. The third-order valence-corrected chi connectivity index (χ3v) is 10.9. The average molecular weight is 676 g/mol. The smallest absolute Gasteiger partial charge is 0.262 e. The number of aromatic nitrogens is 4. The normalized spacial score (nSPS) is 24.0. The quantitative estimate of drug-likeness (QED) is 0.198. The van der Waals surface area contributed by atoms with Crippen molar-refractivity contribution in [2.75, 3.05) is 43.4 Å². The fourth-order valence-electron chi connectivity index (χ4n) is 7.65. The van der Waals surface area contributed by atoms with Gasteiger partial charge in [-0.2, -0.15) is 5.10 Å². The molecular formula is C37H41N9O4. The van der Waals surface area contributed by atoms with Crippen LogP contribution in [0.25, 0.3) is 22.3 Å². The number of piperazine rings is 1. The number of hydrogen-bond acceptors (Lipinski definition) is 10. The Kier molecular flexibility index (Phi) is 8.30. The van der Waals surface area contributed by atoms with Gasteiger partial charge in [-0.1, -0.05) is 0 Å². The van der Waals surface area contributed by atoms with Crippen molar-refractivity contribution in [3.63, 3.8) is 0 Å². The molecule has 0 radical (unpaired) electrons. The summed E-state index contributed by atoms with van der Waals surface area (Å²) >= 11 is 0. The number of rotatable bonds is 9. The fourth-order valence-corrected chi connectivity index (χ4v) is 7.65. The van der Waals surface area contributed by atoms with Crippen LogP contribution < -0.4 is 15.5 Å². The molecule has 5 heterocycles. The Labute approximate surface area is 290 Å². The lowest BCUT2D eigenvalue weighted by Gasteiger charge is -2.39. The van der Waals surface area contributed by atoms with Gasteiger partial charge in [-0.25, -0.2) is 4.98 Å². The molecule has 8 rings (SSSR count). The van der Waals surface area contributed by atoms with Crippen LogP contribution in [0.1, 0.15) is 72.2 Å². The highest BCUT2D eigenvalue weighted by molar-refractivity contribution is 6.23. The van der Waals surface area contributed by atoms with Crippen molar-refractivity contribution in [2.45, 2.75) is 63.6 Å². The van der Waals surface area contributed by atoms with E-state index >= 15 is 0 Å². The molecule has 1 unspecified atom stereocenters. The Morgan fingerprint density at radius 1 is 0.960 bits per heavy atom. The van der Waals surface area contributed by atoms with Gasteiger partial charge < -0.3 is 15.1 Å². The van der Waals surface area contributed by atoms with Crippen LogP contribution in [0, 0.1) is 5.92 Å². The summed E-state index contributed by atoms with van der Waals surface area (Å²) in [4.78, 5) is 65.4. The topological polar surface area (TPSA) is 146 Å². The highest BCUT2D eigenvalue weighted by atomic mass is 16.2. The first kappa shape index (κ1) is 32.1. The first-order valence-electron chi connectivity index (χ1n) is 17.6. The van der Waals surface area contributed by atoms with Crippen molar-refractivity contribution in [1.29, 1.82) is 0 Å². The maximum absolute atomic E-state index is 13.1. The number of amides is 4. The minimum Gasteiger partial charge on any atom is -0.385 e. The predicted octanol–water partition coefficient (Wildman–Crippen LogP) is 3.88. The van der Waals surface area contributed by atoms with Crippen molar-refractivity contribution in [3.05, 3.63) is 66.1 Å². The molecule has 2 aromatic carbocycles. The SMILES string of the molecule is C[C@H]1CN(c2ccc3ncc(-c4cnn(C5CC(CCCNc6ccc7c(c6)C(=O)N(C6CCC(=O)NC6=O)C7=O)C5)c4)nc3c2)CCN1C. The summed E-state index contributed by atoms with van der Waals surface area (Å²) in [6, 6.07) is 11.4. The first-order valence-corrected chi connectivity index (χ1v) is 17.6. The third-order valence-electron chi connectivity index (χ3n) is 10.9. The second kappa shape index (κ2) is 12.9. The highest BCUT2D eigenvalue weighted by Crippen LogP contribution is 2.40. The Balaban J connectivity index is 0.819.